The molecule has 0 aromatic heterocycles. The third kappa shape index (κ3) is 1.22. The van der Waals surface area contributed by atoms with E-state index in [0.717, 1.165) is 11.3 Å². The van der Waals surface area contributed by atoms with Gasteiger partial charge < -0.3 is 4.90 Å². The maximum Gasteiger partial charge on any atom is 0.167 e. The fourth-order valence-electron chi connectivity index (χ4n) is 2.09. The molecule has 0 aliphatic carbocycles. The van der Waals surface area contributed by atoms with E-state index in [0.29, 0.717) is 12.5 Å². The minimum atomic E-state index is 0.273. The predicted molar refractivity (Wildman–Crippen MR) is 58.0 cm³/mol. The third-order valence-electron chi connectivity index (χ3n) is 3.03. The van der Waals surface area contributed by atoms with Gasteiger partial charge in [0.15, 0.2) is 5.78 Å². The highest BCUT2D eigenvalue weighted by molar-refractivity contribution is 6.04. The molecule has 0 saturated heterocycles. The van der Waals surface area contributed by atoms with E-state index in [2.05, 4.69) is 31.9 Å². The maximum absolute atomic E-state index is 11.8. The molecular weight excluding hydrogens is 174 g/mol. The molecule has 1 unspecified atom stereocenters. The second-order valence-electron chi connectivity index (χ2n) is 4.06. The summed E-state index contributed by atoms with van der Waals surface area (Å²) < 4.78 is 0. The summed E-state index contributed by atoms with van der Waals surface area (Å²) in [4.78, 5) is 14.0. The molecule has 0 N–H and O–H groups in total. The highest BCUT2D eigenvalue weighted by Gasteiger charge is 2.26. The van der Waals surface area contributed by atoms with Crippen LogP contribution in [-0.2, 0) is 0 Å². The number of nitrogens with zero attached hydrogens (tertiary/aromatic N) is 1. The van der Waals surface area contributed by atoms with Gasteiger partial charge in [-0.15, -0.1) is 0 Å². The number of anilines is 1. The van der Waals surface area contributed by atoms with Gasteiger partial charge in [0.2, 0.25) is 0 Å². The van der Waals surface area contributed by atoms with Crippen LogP contribution in [0.4, 0.5) is 5.69 Å². The van der Waals surface area contributed by atoms with Gasteiger partial charge in [0, 0.05) is 25.1 Å². The molecule has 2 nitrogen and oxygen atoms in total. The largest absolute Gasteiger partial charge is 0.371 e. The Morgan fingerprint density at radius 2 is 2.14 bits per heavy atom. The Labute approximate surface area is 84.5 Å². The van der Waals surface area contributed by atoms with E-state index >= 15 is 0 Å². The molecule has 1 aliphatic rings. The number of ketones is 1. The lowest BCUT2D eigenvalue weighted by atomic mass is 9.93. The lowest BCUT2D eigenvalue weighted by Gasteiger charge is -2.34. The molecule has 0 radical (unpaired) electrons. The summed E-state index contributed by atoms with van der Waals surface area (Å²) in [6.45, 7) is 4.15. The molecule has 2 rings (SSSR count). The van der Waals surface area contributed by atoms with Crippen LogP contribution in [-0.4, -0.2) is 18.9 Å². The molecule has 1 aromatic rings. The van der Waals surface area contributed by atoms with Crippen molar-refractivity contribution in [2.45, 2.75) is 26.3 Å². The SMILES string of the molecule is Cc1cccc2c1N(C)C(C)CC2=O. The minimum Gasteiger partial charge on any atom is -0.371 e. The molecule has 1 atom stereocenters. The number of fused-ring (bicyclic) bond motifs is 1. The number of carbonyl (C=O) groups excluding carboxylic acids is 1. The van der Waals surface area contributed by atoms with Crippen LogP contribution in [0.3, 0.4) is 0 Å². The van der Waals surface area contributed by atoms with E-state index in [1.54, 1.807) is 0 Å². The van der Waals surface area contributed by atoms with Crippen LogP contribution in [0.15, 0.2) is 18.2 Å². The molecule has 2 heteroatoms. The van der Waals surface area contributed by atoms with Crippen molar-refractivity contribution in [2.24, 2.45) is 0 Å². The first-order chi connectivity index (χ1) is 6.61. The highest BCUT2D eigenvalue weighted by Crippen LogP contribution is 2.31. The molecule has 0 bridgehead atoms. The average molecular weight is 189 g/mol. The van der Waals surface area contributed by atoms with Gasteiger partial charge in [-0.05, 0) is 25.5 Å². The Bertz CT molecular complexity index is 384. The van der Waals surface area contributed by atoms with Crippen LogP contribution >= 0.6 is 0 Å². The molecule has 0 spiro atoms. The topological polar surface area (TPSA) is 20.3 Å². The van der Waals surface area contributed by atoms with Gasteiger partial charge in [-0.2, -0.15) is 0 Å². The van der Waals surface area contributed by atoms with Gasteiger partial charge in [-0.25, -0.2) is 0 Å². The van der Waals surface area contributed by atoms with Crippen molar-refractivity contribution < 1.29 is 4.79 Å². The number of Topliss-reactive ketones (excluding diaryl/α,β-unsaturated/α-hetero) is 1. The van der Waals surface area contributed by atoms with E-state index in [9.17, 15) is 4.79 Å². The zero-order chi connectivity index (χ0) is 10.3. The van der Waals surface area contributed by atoms with E-state index in [-0.39, 0.29) is 5.78 Å². The number of para-hydroxylation sites is 1. The van der Waals surface area contributed by atoms with E-state index < -0.39 is 0 Å². The zero-order valence-corrected chi connectivity index (χ0v) is 8.87. The van der Waals surface area contributed by atoms with Crippen molar-refractivity contribution in [1.29, 1.82) is 0 Å². The van der Waals surface area contributed by atoms with Gasteiger partial charge in [0.05, 0.1) is 5.69 Å². The van der Waals surface area contributed by atoms with Gasteiger partial charge in [-0.3, -0.25) is 4.79 Å². The summed E-state index contributed by atoms with van der Waals surface area (Å²) in [6, 6.07) is 6.25. The molecular formula is C12H15NO. The van der Waals surface area contributed by atoms with Gasteiger partial charge in [-0.1, -0.05) is 12.1 Å². The van der Waals surface area contributed by atoms with Crippen molar-refractivity contribution in [2.75, 3.05) is 11.9 Å². The van der Waals surface area contributed by atoms with Crippen LogP contribution in [0, 0.1) is 6.92 Å². The van der Waals surface area contributed by atoms with Crippen LogP contribution in [0.2, 0.25) is 0 Å². The van der Waals surface area contributed by atoms with Crippen molar-refractivity contribution in [1.82, 2.24) is 0 Å². The fourth-order valence-corrected chi connectivity index (χ4v) is 2.09. The summed E-state index contributed by atoms with van der Waals surface area (Å²) >= 11 is 0. The van der Waals surface area contributed by atoms with Crippen molar-refractivity contribution in [3.05, 3.63) is 29.3 Å². The third-order valence-corrected chi connectivity index (χ3v) is 3.03. The van der Waals surface area contributed by atoms with Crippen LogP contribution < -0.4 is 4.90 Å². The molecule has 0 amide bonds. The van der Waals surface area contributed by atoms with Crippen LogP contribution in [0.1, 0.15) is 29.3 Å². The zero-order valence-electron chi connectivity index (χ0n) is 8.87. The predicted octanol–water partition coefficient (Wildman–Crippen LogP) is 2.41. The smallest absolute Gasteiger partial charge is 0.167 e. The Balaban J connectivity index is 2.62. The Morgan fingerprint density at radius 1 is 1.43 bits per heavy atom. The molecule has 14 heavy (non-hydrogen) atoms. The molecule has 0 saturated carbocycles. The summed E-state index contributed by atoms with van der Waals surface area (Å²) in [5, 5.41) is 0. The van der Waals surface area contributed by atoms with Gasteiger partial charge >= 0.3 is 0 Å². The lowest BCUT2D eigenvalue weighted by molar-refractivity contribution is 0.0969. The number of aryl methyl sites for hydroxylation is 1. The Morgan fingerprint density at radius 3 is 2.86 bits per heavy atom. The van der Waals surface area contributed by atoms with Crippen LogP contribution in [0.5, 0.6) is 0 Å². The molecule has 1 heterocycles. The second kappa shape index (κ2) is 3.12. The molecule has 1 aromatic carbocycles. The highest BCUT2D eigenvalue weighted by atomic mass is 16.1. The summed E-state index contributed by atoms with van der Waals surface area (Å²) in [6.07, 6.45) is 0.632. The minimum absolute atomic E-state index is 0.273. The first kappa shape index (κ1) is 9.25. The van der Waals surface area contributed by atoms with Crippen LogP contribution in [0.25, 0.3) is 0 Å². The first-order valence-electron chi connectivity index (χ1n) is 4.97. The normalized spacial score (nSPS) is 20.9. The Kier molecular flexibility index (Phi) is 2.06. The van der Waals surface area contributed by atoms with E-state index in [4.69, 9.17) is 0 Å². The molecule has 0 fully saturated rings. The number of hydrogen-bond donors (Lipinski definition) is 0. The maximum atomic E-state index is 11.8. The van der Waals surface area contributed by atoms with Gasteiger partial charge in [0.25, 0.3) is 0 Å². The summed E-state index contributed by atoms with van der Waals surface area (Å²) in [5.74, 6) is 0.273. The average Bonchev–Trinajstić information content (AvgIpc) is 2.14. The molecule has 74 valence electrons. The van der Waals surface area contributed by atoms with Crippen molar-refractivity contribution in [3.8, 4) is 0 Å². The number of benzene rings is 1. The number of rotatable bonds is 0. The number of carbonyl (C=O) groups is 1. The standard InChI is InChI=1S/C12H15NO/c1-8-5-4-6-10-11(14)7-9(2)13(3)12(8)10/h4-6,9H,7H2,1-3H3. The van der Waals surface area contributed by atoms with E-state index in [1.165, 1.54) is 5.56 Å². The number of hydrogen-bond acceptors (Lipinski definition) is 2. The fraction of sp³-hybridized carbons (Fsp3) is 0.417. The first-order valence-corrected chi connectivity index (χ1v) is 4.97. The van der Waals surface area contributed by atoms with Crippen molar-refractivity contribution >= 4 is 11.5 Å². The quantitative estimate of drug-likeness (QED) is 0.624. The van der Waals surface area contributed by atoms with E-state index in [1.807, 2.05) is 12.1 Å². The lowest BCUT2D eigenvalue weighted by Crippen LogP contribution is -2.36. The van der Waals surface area contributed by atoms with Crippen molar-refractivity contribution in [3.63, 3.8) is 0 Å². The van der Waals surface area contributed by atoms with Gasteiger partial charge in [0.1, 0.15) is 0 Å². The summed E-state index contributed by atoms with van der Waals surface area (Å²) in [7, 11) is 2.06. The Hall–Kier alpha value is -1.31. The second-order valence-corrected chi connectivity index (χ2v) is 4.06. The molecule has 1 aliphatic heterocycles. The monoisotopic (exact) mass is 189 g/mol. The summed E-state index contributed by atoms with van der Waals surface area (Å²) in [5.41, 5.74) is 3.17.